The standard InChI is InChI=1S/C6H17NOS/c1-9(2,3)5-4-8-6-7/h4-7H2,1-3H3. The van der Waals surface area contributed by atoms with E-state index in [1.54, 1.807) is 0 Å². The molecule has 0 fully saturated rings. The van der Waals surface area contributed by atoms with Crippen molar-refractivity contribution in [1.82, 2.24) is 0 Å². The van der Waals surface area contributed by atoms with Gasteiger partial charge in [-0.1, -0.05) is 0 Å². The van der Waals surface area contributed by atoms with Gasteiger partial charge in [-0.15, -0.1) is 0 Å². The molecule has 0 aromatic rings. The van der Waals surface area contributed by atoms with Crippen LogP contribution in [0.1, 0.15) is 0 Å². The molecule has 0 unspecified atom stereocenters. The Hall–Kier alpha value is 0.270. The largest absolute Gasteiger partial charge is 0.366 e. The highest BCUT2D eigenvalue weighted by Gasteiger charge is 2.01. The molecule has 0 aliphatic rings. The first-order valence-electron chi connectivity index (χ1n) is 3.00. The smallest absolute Gasteiger partial charge is 0.0940 e. The summed E-state index contributed by atoms with van der Waals surface area (Å²) < 4.78 is 5.01. The SMILES string of the molecule is CS(C)(C)CCOCN. The van der Waals surface area contributed by atoms with Crippen molar-refractivity contribution in [2.75, 3.05) is 37.9 Å². The third-order valence-corrected chi connectivity index (χ3v) is 2.35. The van der Waals surface area contributed by atoms with Gasteiger partial charge in [0.25, 0.3) is 0 Å². The van der Waals surface area contributed by atoms with Gasteiger partial charge in [-0.2, -0.15) is 0 Å². The van der Waals surface area contributed by atoms with Crippen molar-refractivity contribution < 1.29 is 4.74 Å². The lowest BCUT2D eigenvalue weighted by Gasteiger charge is -2.24. The number of rotatable bonds is 4. The Morgan fingerprint density at radius 3 is 2.22 bits per heavy atom. The van der Waals surface area contributed by atoms with Crippen LogP contribution in [0.25, 0.3) is 0 Å². The molecule has 0 atom stereocenters. The summed E-state index contributed by atoms with van der Waals surface area (Å²) in [5.74, 6) is 1.16. The number of hydrogen-bond donors (Lipinski definition) is 1. The fourth-order valence-electron chi connectivity index (χ4n) is 0.392. The first kappa shape index (κ1) is 9.27. The van der Waals surface area contributed by atoms with E-state index in [9.17, 15) is 0 Å². The van der Waals surface area contributed by atoms with Crippen molar-refractivity contribution in [3.63, 3.8) is 0 Å². The Morgan fingerprint density at radius 2 is 1.89 bits per heavy atom. The molecule has 0 bridgehead atoms. The minimum atomic E-state index is -0.377. The Bertz CT molecular complexity index is 69.9. The molecule has 3 heteroatoms. The van der Waals surface area contributed by atoms with Gasteiger partial charge < -0.3 is 10.5 Å². The highest BCUT2D eigenvalue weighted by molar-refractivity contribution is 8.32. The van der Waals surface area contributed by atoms with E-state index in [1.165, 1.54) is 0 Å². The van der Waals surface area contributed by atoms with E-state index in [0.717, 1.165) is 12.4 Å². The zero-order valence-corrected chi connectivity index (χ0v) is 7.33. The lowest BCUT2D eigenvalue weighted by Crippen LogP contribution is -2.11. The molecule has 9 heavy (non-hydrogen) atoms. The second-order valence-electron chi connectivity index (χ2n) is 2.87. The van der Waals surface area contributed by atoms with E-state index in [4.69, 9.17) is 10.5 Å². The fraction of sp³-hybridized carbons (Fsp3) is 1.00. The van der Waals surface area contributed by atoms with Gasteiger partial charge >= 0.3 is 0 Å². The third-order valence-electron chi connectivity index (χ3n) is 0.958. The lowest BCUT2D eigenvalue weighted by atomic mass is 10.9. The van der Waals surface area contributed by atoms with Gasteiger partial charge in [-0.05, 0) is 18.8 Å². The first-order valence-corrected chi connectivity index (χ1v) is 6.03. The zero-order valence-electron chi connectivity index (χ0n) is 6.52. The van der Waals surface area contributed by atoms with Crippen LogP contribution in [0.3, 0.4) is 0 Å². The number of nitrogens with two attached hydrogens (primary N) is 1. The molecule has 0 saturated heterocycles. The summed E-state index contributed by atoms with van der Waals surface area (Å²) in [5.41, 5.74) is 5.14. The molecule has 58 valence electrons. The summed E-state index contributed by atoms with van der Waals surface area (Å²) in [5, 5.41) is 0. The van der Waals surface area contributed by atoms with Crippen LogP contribution in [0.2, 0.25) is 0 Å². The highest BCUT2D eigenvalue weighted by atomic mass is 32.3. The normalized spacial score (nSPS) is 13.8. The van der Waals surface area contributed by atoms with Crippen LogP contribution in [-0.4, -0.2) is 37.9 Å². The van der Waals surface area contributed by atoms with Crippen LogP contribution in [0.5, 0.6) is 0 Å². The average molecular weight is 151 g/mol. The van der Waals surface area contributed by atoms with Gasteiger partial charge in [0.05, 0.1) is 13.3 Å². The van der Waals surface area contributed by atoms with Gasteiger partial charge in [0.15, 0.2) is 0 Å². The molecule has 0 spiro atoms. The minimum absolute atomic E-state index is 0.357. The maximum absolute atomic E-state index is 5.14. The van der Waals surface area contributed by atoms with Gasteiger partial charge in [0.2, 0.25) is 0 Å². The molecule has 0 saturated carbocycles. The third kappa shape index (κ3) is 8.27. The number of ether oxygens (including phenoxy) is 1. The predicted octanol–water partition coefficient (Wildman–Crippen LogP) is 0.613. The Morgan fingerprint density at radius 1 is 1.33 bits per heavy atom. The van der Waals surface area contributed by atoms with E-state index in [-0.39, 0.29) is 10.0 Å². The van der Waals surface area contributed by atoms with Crippen LogP contribution < -0.4 is 5.73 Å². The summed E-state index contributed by atoms with van der Waals surface area (Å²) in [7, 11) is -0.377. The molecule has 0 aromatic carbocycles. The van der Waals surface area contributed by atoms with Crippen molar-refractivity contribution in [2.24, 2.45) is 5.73 Å². The predicted molar refractivity (Wildman–Crippen MR) is 45.2 cm³/mol. The molecule has 2 N–H and O–H groups in total. The molecular weight excluding hydrogens is 134 g/mol. The topological polar surface area (TPSA) is 35.2 Å². The van der Waals surface area contributed by atoms with Crippen LogP contribution in [0, 0.1) is 0 Å². The van der Waals surface area contributed by atoms with Gasteiger partial charge in [-0.3, -0.25) is 0 Å². The Balaban J connectivity index is 3.07. The fourth-order valence-corrected chi connectivity index (χ4v) is 1.01. The monoisotopic (exact) mass is 151 g/mol. The molecule has 0 radical (unpaired) electrons. The first-order chi connectivity index (χ1) is 4.06. The molecule has 2 nitrogen and oxygen atoms in total. The van der Waals surface area contributed by atoms with E-state index in [2.05, 4.69) is 18.8 Å². The van der Waals surface area contributed by atoms with Crippen LogP contribution in [0.15, 0.2) is 0 Å². The number of hydrogen-bond acceptors (Lipinski definition) is 2. The van der Waals surface area contributed by atoms with Gasteiger partial charge in [-0.25, -0.2) is 10.0 Å². The van der Waals surface area contributed by atoms with Crippen molar-refractivity contribution in [2.45, 2.75) is 0 Å². The second kappa shape index (κ2) is 4.14. The highest BCUT2D eigenvalue weighted by Crippen LogP contribution is 2.33. The average Bonchev–Trinajstić information content (AvgIpc) is 1.63. The summed E-state index contributed by atoms with van der Waals surface area (Å²) in [6.07, 6.45) is 6.81. The van der Waals surface area contributed by atoms with Gasteiger partial charge in [0, 0.05) is 5.75 Å². The van der Waals surface area contributed by atoms with Crippen LogP contribution >= 0.6 is 10.0 Å². The zero-order chi connectivity index (χ0) is 7.33. The maximum Gasteiger partial charge on any atom is 0.0940 e. The quantitative estimate of drug-likeness (QED) is 0.472. The minimum Gasteiger partial charge on any atom is -0.366 e. The summed E-state index contributed by atoms with van der Waals surface area (Å²) >= 11 is 0. The Labute approximate surface area is 59.1 Å². The van der Waals surface area contributed by atoms with Gasteiger partial charge in [0.1, 0.15) is 0 Å². The molecule has 0 aliphatic carbocycles. The lowest BCUT2D eigenvalue weighted by molar-refractivity contribution is 0.157. The maximum atomic E-state index is 5.14. The van der Waals surface area contributed by atoms with Crippen molar-refractivity contribution in [1.29, 1.82) is 0 Å². The molecule has 0 aliphatic heterocycles. The van der Waals surface area contributed by atoms with E-state index < -0.39 is 0 Å². The van der Waals surface area contributed by atoms with E-state index in [0.29, 0.717) is 6.73 Å². The molecular formula is C6H17NOS. The van der Waals surface area contributed by atoms with Crippen molar-refractivity contribution in [3.05, 3.63) is 0 Å². The molecule has 0 amide bonds. The summed E-state index contributed by atoms with van der Waals surface area (Å²) in [6, 6.07) is 0. The van der Waals surface area contributed by atoms with E-state index >= 15 is 0 Å². The van der Waals surface area contributed by atoms with E-state index in [1.807, 2.05) is 0 Å². The molecule has 0 rings (SSSR count). The van der Waals surface area contributed by atoms with Crippen LogP contribution in [-0.2, 0) is 4.74 Å². The summed E-state index contributed by atoms with van der Waals surface area (Å²) in [6.45, 7) is 1.17. The van der Waals surface area contributed by atoms with Crippen molar-refractivity contribution >= 4 is 10.0 Å². The molecule has 0 aromatic heterocycles. The Kier molecular flexibility index (Phi) is 4.27. The van der Waals surface area contributed by atoms with Crippen LogP contribution in [0.4, 0.5) is 0 Å². The second-order valence-corrected chi connectivity index (χ2v) is 7.46. The summed E-state index contributed by atoms with van der Waals surface area (Å²) in [4.78, 5) is 0. The van der Waals surface area contributed by atoms with Crippen molar-refractivity contribution in [3.8, 4) is 0 Å². The molecule has 0 heterocycles.